The van der Waals surface area contributed by atoms with Gasteiger partial charge < -0.3 is 16.6 Å². The largest absolute Gasteiger partial charge is 0.494 e. The van der Waals surface area contributed by atoms with Crippen molar-refractivity contribution in [3.8, 4) is 5.88 Å². The zero-order valence-corrected chi connectivity index (χ0v) is 17.6. The average Bonchev–Trinajstić information content (AvgIpc) is 2.59. The number of aromatic hydroxyl groups is 1. The van der Waals surface area contributed by atoms with Crippen LogP contribution in [0, 0.1) is 6.92 Å². The van der Waals surface area contributed by atoms with E-state index in [1.165, 1.54) is 13.8 Å². The van der Waals surface area contributed by atoms with E-state index in [1.54, 1.807) is 0 Å². The lowest BCUT2D eigenvalue weighted by molar-refractivity contribution is 0.0995. The number of primary amides is 1. The van der Waals surface area contributed by atoms with Crippen LogP contribution in [0.4, 0.5) is 17.1 Å². The van der Waals surface area contributed by atoms with E-state index in [2.05, 4.69) is 10.2 Å². The highest BCUT2D eigenvalue weighted by atomic mass is 32.2. The monoisotopic (exact) mass is 475 g/mol. The number of anilines is 1. The van der Waals surface area contributed by atoms with Gasteiger partial charge in [0.25, 0.3) is 31.7 Å². The normalized spacial score (nSPS) is 12.4. The molecular weight excluding hydrogens is 458 g/mol. The van der Waals surface area contributed by atoms with Crippen LogP contribution in [0.3, 0.4) is 0 Å². The second kappa shape index (κ2) is 8.06. The first kappa shape index (κ1) is 23.9. The minimum atomic E-state index is -5.08. The number of benzene rings is 1. The van der Waals surface area contributed by atoms with Gasteiger partial charge in [-0.2, -0.15) is 16.8 Å². The Morgan fingerprint density at radius 3 is 2.10 bits per heavy atom. The molecule has 1 aromatic heterocycles. The molecule has 0 spiro atoms. The quantitative estimate of drug-likeness (QED) is 0.219. The zero-order valence-electron chi connectivity index (χ0n) is 16.0. The van der Waals surface area contributed by atoms with Crippen molar-refractivity contribution in [2.75, 3.05) is 5.73 Å². The molecule has 7 N–H and O–H groups in total. The molecule has 0 saturated carbocycles. The lowest BCUT2D eigenvalue weighted by Crippen LogP contribution is -2.25. The van der Waals surface area contributed by atoms with Gasteiger partial charge in [0.05, 0.1) is 5.69 Å². The van der Waals surface area contributed by atoms with Crippen molar-refractivity contribution >= 4 is 43.2 Å². The Hall–Kier alpha value is -3.34. The number of azo groups is 1. The van der Waals surface area contributed by atoms with Crippen LogP contribution in [0.25, 0.3) is 0 Å². The molecule has 0 radical (unpaired) electrons. The van der Waals surface area contributed by atoms with Crippen LogP contribution in [0.5, 0.6) is 5.88 Å². The molecule has 1 amide bonds. The molecule has 0 aliphatic carbocycles. The number of carbonyl (C=O) groups excluding carboxylic acids is 1. The predicted octanol–water partition coefficient (Wildman–Crippen LogP) is 0.472. The van der Waals surface area contributed by atoms with Gasteiger partial charge in [0.2, 0.25) is 5.88 Å². The second-order valence-corrected chi connectivity index (χ2v) is 8.87. The summed E-state index contributed by atoms with van der Waals surface area (Å²) in [6.45, 7) is 2.63. The molecule has 0 saturated heterocycles. The minimum absolute atomic E-state index is 0.0833. The Labute approximate surface area is 175 Å². The van der Waals surface area contributed by atoms with Crippen LogP contribution in [-0.4, -0.2) is 41.5 Å². The summed E-state index contributed by atoms with van der Waals surface area (Å²) in [6, 6.07) is 1.04. The number of carbonyl (C=O) groups is 1. The fourth-order valence-corrected chi connectivity index (χ4v) is 4.02. The number of rotatable bonds is 6. The molecule has 1 aromatic carbocycles. The van der Waals surface area contributed by atoms with Crippen molar-refractivity contribution in [3.63, 3.8) is 0 Å². The minimum Gasteiger partial charge on any atom is -0.494 e. The second-order valence-electron chi connectivity index (χ2n) is 6.09. The summed E-state index contributed by atoms with van der Waals surface area (Å²) in [4.78, 5) is 22.1. The number of amides is 1. The summed E-state index contributed by atoms with van der Waals surface area (Å²) < 4.78 is 65.3. The van der Waals surface area contributed by atoms with Gasteiger partial charge in [0.1, 0.15) is 21.0 Å². The van der Waals surface area contributed by atoms with Crippen LogP contribution in [0.1, 0.15) is 22.8 Å². The predicted molar refractivity (Wildman–Crippen MR) is 106 cm³/mol. The molecule has 0 fully saturated rings. The summed E-state index contributed by atoms with van der Waals surface area (Å²) in [5.74, 6) is -1.77. The summed E-state index contributed by atoms with van der Waals surface area (Å²) in [6.07, 6.45) is 0. The highest BCUT2D eigenvalue weighted by molar-refractivity contribution is 7.86. The van der Waals surface area contributed by atoms with E-state index < -0.39 is 70.0 Å². The van der Waals surface area contributed by atoms with Crippen LogP contribution >= 0.6 is 0 Å². The summed E-state index contributed by atoms with van der Waals surface area (Å²) >= 11 is 0. The van der Waals surface area contributed by atoms with Crippen molar-refractivity contribution in [1.82, 2.24) is 4.57 Å². The molecule has 16 heteroatoms. The first-order valence-corrected chi connectivity index (χ1v) is 11.1. The van der Waals surface area contributed by atoms with Gasteiger partial charge >= 0.3 is 0 Å². The Morgan fingerprint density at radius 1 is 1.10 bits per heavy atom. The van der Waals surface area contributed by atoms with E-state index >= 15 is 0 Å². The maximum Gasteiger partial charge on any atom is 0.296 e. The number of nitrogen functional groups attached to an aromatic ring is 1. The van der Waals surface area contributed by atoms with Gasteiger partial charge in [-0.1, -0.05) is 0 Å². The van der Waals surface area contributed by atoms with Gasteiger partial charge in [-0.15, -0.1) is 10.2 Å². The molecule has 31 heavy (non-hydrogen) atoms. The highest BCUT2D eigenvalue weighted by Crippen LogP contribution is 2.34. The van der Waals surface area contributed by atoms with E-state index in [9.17, 15) is 36.1 Å². The van der Waals surface area contributed by atoms with Gasteiger partial charge in [-0.25, -0.2) is 0 Å². The molecule has 168 valence electrons. The third-order valence-corrected chi connectivity index (χ3v) is 5.92. The topological polar surface area (TPSA) is 245 Å². The van der Waals surface area contributed by atoms with Crippen molar-refractivity contribution < 1.29 is 35.8 Å². The molecule has 2 aromatic rings. The molecule has 0 aliphatic heterocycles. The standard InChI is InChI=1S/C15H17N5O9S2/c1-3-20-14(22)11(13(17)21)6(2)12(15(20)23)19-18-8-4-7(16)9(30(24,25)26)5-10(8)31(27,28)29/h4-5,22H,3,16H2,1-2H3,(H2,17,21)(H,24,25,26)(H,27,28,29). The summed E-state index contributed by atoms with van der Waals surface area (Å²) in [5.41, 5.74) is 7.43. The van der Waals surface area contributed by atoms with Crippen LogP contribution in [-0.2, 0) is 26.8 Å². The Balaban J connectivity index is 2.85. The lowest BCUT2D eigenvalue weighted by atomic mass is 10.1. The molecule has 0 bridgehead atoms. The maximum atomic E-state index is 12.6. The number of pyridine rings is 1. The van der Waals surface area contributed by atoms with E-state index in [-0.39, 0.29) is 12.1 Å². The average molecular weight is 475 g/mol. The molecule has 0 atom stereocenters. The van der Waals surface area contributed by atoms with E-state index in [0.29, 0.717) is 12.1 Å². The maximum absolute atomic E-state index is 12.6. The van der Waals surface area contributed by atoms with Crippen molar-refractivity contribution in [1.29, 1.82) is 0 Å². The van der Waals surface area contributed by atoms with E-state index in [1.807, 2.05) is 0 Å². The summed E-state index contributed by atoms with van der Waals surface area (Å²) in [5, 5.41) is 17.2. The van der Waals surface area contributed by atoms with Crippen LogP contribution < -0.4 is 17.0 Å². The van der Waals surface area contributed by atoms with Crippen molar-refractivity contribution in [2.45, 2.75) is 30.2 Å². The number of hydrogen-bond acceptors (Lipinski definition) is 10. The molecular formula is C15H17N5O9S2. The lowest BCUT2D eigenvalue weighted by Gasteiger charge is -2.13. The fourth-order valence-electron chi connectivity index (χ4n) is 2.69. The number of hydrogen-bond donors (Lipinski definition) is 5. The van der Waals surface area contributed by atoms with Gasteiger partial charge in [0.15, 0.2) is 5.69 Å². The number of aromatic nitrogens is 1. The third-order valence-electron chi connectivity index (χ3n) is 4.12. The number of nitrogens with zero attached hydrogens (tertiary/aromatic N) is 3. The van der Waals surface area contributed by atoms with E-state index in [0.717, 1.165) is 4.57 Å². The Bertz CT molecular complexity index is 1390. The first-order chi connectivity index (χ1) is 14.1. The van der Waals surface area contributed by atoms with Crippen molar-refractivity contribution in [2.24, 2.45) is 16.0 Å². The number of nitrogens with two attached hydrogens (primary N) is 2. The SMILES string of the molecule is CCn1c(O)c(C(N)=O)c(C)c(N=Nc2cc(N)c(S(=O)(=O)O)cc2S(=O)(=O)O)c1=O. The molecule has 0 aliphatic rings. The Kier molecular flexibility index (Phi) is 6.23. The van der Waals surface area contributed by atoms with Crippen molar-refractivity contribution in [3.05, 3.63) is 33.6 Å². The molecule has 1 heterocycles. The molecule has 14 nitrogen and oxygen atoms in total. The van der Waals surface area contributed by atoms with Gasteiger partial charge in [-0.05, 0) is 26.0 Å². The first-order valence-electron chi connectivity index (χ1n) is 8.17. The molecule has 0 unspecified atom stereocenters. The summed E-state index contributed by atoms with van der Waals surface area (Å²) in [7, 11) is -10.0. The van der Waals surface area contributed by atoms with Gasteiger partial charge in [0, 0.05) is 12.1 Å². The third kappa shape index (κ3) is 4.55. The van der Waals surface area contributed by atoms with E-state index in [4.69, 9.17) is 16.0 Å². The van der Waals surface area contributed by atoms with Crippen LogP contribution in [0.2, 0.25) is 0 Å². The zero-order chi connectivity index (χ0) is 23.9. The Morgan fingerprint density at radius 2 is 1.65 bits per heavy atom. The smallest absolute Gasteiger partial charge is 0.296 e. The highest BCUT2D eigenvalue weighted by Gasteiger charge is 2.25. The van der Waals surface area contributed by atoms with Crippen LogP contribution in [0.15, 0.2) is 36.9 Å². The fraction of sp³-hybridized carbons (Fsp3) is 0.200. The molecule has 2 rings (SSSR count). The van der Waals surface area contributed by atoms with Gasteiger partial charge in [-0.3, -0.25) is 23.3 Å².